The number of nitrogens with zero attached hydrogens (tertiary/aromatic N) is 3. The highest BCUT2D eigenvalue weighted by Crippen LogP contribution is 2.37. The lowest BCUT2D eigenvalue weighted by Gasteiger charge is -2.20. The molecular formula is C17H19N3O2. The number of hydrogen-bond acceptors (Lipinski definition) is 4. The van der Waals surface area contributed by atoms with Gasteiger partial charge in [-0.2, -0.15) is 4.98 Å². The van der Waals surface area contributed by atoms with Gasteiger partial charge in [-0.1, -0.05) is 29.3 Å². The molecule has 1 aliphatic carbocycles. The number of hydrogen-bond donors (Lipinski definition) is 0. The van der Waals surface area contributed by atoms with Crippen molar-refractivity contribution in [2.75, 3.05) is 11.4 Å². The van der Waals surface area contributed by atoms with Crippen LogP contribution in [0.3, 0.4) is 0 Å². The number of aromatic nitrogens is 2. The molecule has 2 heterocycles. The van der Waals surface area contributed by atoms with E-state index in [9.17, 15) is 4.79 Å². The van der Waals surface area contributed by atoms with E-state index in [0.717, 1.165) is 24.4 Å². The fourth-order valence-corrected chi connectivity index (χ4v) is 3.09. The highest BCUT2D eigenvalue weighted by Gasteiger charge is 2.35. The summed E-state index contributed by atoms with van der Waals surface area (Å²) in [5.74, 6) is 2.04. The number of amides is 1. The molecule has 4 rings (SSSR count). The van der Waals surface area contributed by atoms with E-state index in [0.29, 0.717) is 24.7 Å². The van der Waals surface area contributed by atoms with Crippen LogP contribution in [0.4, 0.5) is 5.69 Å². The second-order valence-electron chi connectivity index (χ2n) is 6.36. The van der Waals surface area contributed by atoms with E-state index in [1.807, 2.05) is 36.1 Å². The second kappa shape index (κ2) is 5.23. The van der Waals surface area contributed by atoms with Crippen LogP contribution >= 0.6 is 0 Å². The Hall–Kier alpha value is -2.17. The standard InChI is InChI=1S/C17H19N3O2/c1-11-5-7-14(8-6-11)20-10-13(9-15(20)21)16-18-17(22-19-16)12-3-2-4-12/h5-8,12-13H,2-4,9-10H2,1H3. The molecular weight excluding hydrogens is 278 g/mol. The van der Waals surface area contributed by atoms with Gasteiger partial charge in [-0.05, 0) is 31.9 Å². The molecule has 0 spiro atoms. The Morgan fingerprint density at radius 1 is 1.18 bits per heavy atom. The van der Waals surface area contributed by atoms with Crippen LogP contribution in [-0.4, -0.2) is 22.6 Å². The van der Waals surface area contributed by atoms with Crippen LogP contribution < -0.4 is 4.90 Å². The monoisotopic (exact) mass is 297 g/mol. The Bertz CT molecular complexity index is 688. The average molecular weight is 297 g/mol. The Kier molecular flexibility index (Phi) is 3.21. The van der Waals surface area contributed by atoms with Crippen molar-refractivity contribution >= 4 is 11.6 Å². The van der Waals surface area contributed by atoms with E-state index in [1.54, 1.807) is 0 Å². The van der Waals surface area contributed by atoms with Crippen LogP contribution in [-0.2, 0) is 4.79 Å². The number of carbonyl (C=O) groups excluding carboxylic acids is 1. The fraction of sp³-hybridized carbons (Fsp3) is 0.471. The predicted molar refractivity (Wildman–Crippen MR) is 81.8 cm³/mol. The molecule has 0 N–H and O–H groups in total. The van der Waals surface area contributed by atoms with Crippen LogP contribution in [0, 0.1) is 6.92 Å². The first-order valence-corrected chi connectivity index (χ1v) is 7.91. The van der Waals surface area contributed by atoms with Crippen LogP contribution in [0.25, 0.3) is 0 Å². The summed E-state index contributed by atoms with van der Waals surface area (Å²) in [5.41, 5.74) is 2.14. The minimum atomic E-state index is 0.0337. The van der Waals surface area contributed by atoms with Crippen molar-refractivity contribution in [1.29, 1.82) is 0 Å². The molecule has 2 aliphatic rings. The van der Waals surface area contributed by atoms with Crippen LogP contribution in [0.2, 0.25) is 0 Å². The van der Waals surface area contributed by atoms with E-state index in [1.165, 1.54) is 12.0 Å². The molecule has 1 aliphatic heterocycles. The predicted octanol–water partition coefficient (Wildman–Crippen LogP) is 3.17. The topological polar surface area (TPSA) is 59.2 Å². The lowest BCUT2D eigenvalue weighted by Crippen LogP contribution is -2.24. The summed E-state index contributed by atoms with van der Waals surface area (Å²) in [5, 5.41) is 4.11. The first kappa shape index (κ1) is 13.5. The van der Waals surface area contributed by atoms with Crippen molar-refractivity contribution in [3.63, 3.8) is 0 Å². The number of carbonyl (C=O) groups is 1. The maximum absolute atomic E-state index is 12.3. The van der Waals surface area contributed by atoms with Crippen molar-refractivity contribution in [3.05, 3.63) is 41.5 Å². The Balaban J connectivity index is 1.51. The van der Waals surface area contributed by atoms with E-state index in [-0.39, 0.29) is 11.8 Å². The second-order valence-corrected chi connectivity index (χ2v) is 6.36. The van der Waals surface area contributed by atoms with Gasteiger partial charge in [0, 0.05) is 30.5 Å². The molecule has 114 valence electrons. The van der Waals surface area contributed by atoms with Gasteiger partial charge in [-0.15, -0.1) is 0 Å². The molecule has 1 unspecified atom stereocenters. The van der Waals surface area contributed by atoms with Crippen molar-refractivity contribution in [3.8, 4) is 0 Å². The summed E-state index contributed by atoms with van der Waals surface area (Å²) in [6, 6.07) is 8.04. The lowest BCUT2D eigenvalue weighted by molar-refractivity contribution is -0.117. The smallest absolute Gasteiger partial charge is 0.229 e. The molecule has 0 bridgehead atoms. The highest BCUT2D eigenvalue weighted by atomic mass is 16.5. The molecule has 1 atom stereocenters. The van der Waals surface area contributed by atoms with E-state index >= 15 is 0 Å². The van der Waals surface area contributed by atoms with Crippen LogP contribution in [0.5, 0.6) is 0 Å². The van der Waals surface area contributed by atoms with Gasteiger partial charge in [0.25, 0.3) is 0 Å². The maximum atomic E-state index is 12.3. The van der Waals surface area contributed by atoms with Crippen LogP contribution in [0.1, 0.15) is 54.8 Å². The first-order chi connectivity index (χ1) is 10.7. The zero-order valence-corrected chi connectivity index (χ0v) is 12.7. The van der Waals surface area contributed by atoms with Gasteiger partial charge in [0.1, 0.15) is 0 Å². The van der Waals surface area contributed by atoms with E-state index < -0.39 is 0 Å². The Labute approximate surface area is 129 Å². The normalized spacial score (nSPS) is 22.1. The summed E-state index contributed by atoms with van der Waals surface area (Å²) in [4.78, 5) is 18.6. The third-order valence-electron chi connectivity index (χ3n) is 4.75. The lowest BCUT2D eigenvalue weighted by atomic mass is 9.85. The molecule has 1 aromatic heterocycles. The fourth-order valence-electron chi connectivity index (χ4n) is 3.09. The van der Waals surface area contributed by atoms with Crippen molar-refractivity contribution in [2.45, 2.75) is 44.4 Å². The summed E-state index contributed by atoms with van der Waals surface area (Å²) in [7, 11) is 0. The zero-order valence-electron chi connectivity index (χ0n) is 12.7. The minimum absolute atomic E-state index is 0.0337. The van der Waals surface area contributed by atoms with Crippen molar-refractivity contribution in [1.82, 2.24) is 10.1 Å². The minimum Gasteiger partial charge on any atom is -0.339 e. The molecule has 1 aromatic carbocycles. The number of aryl methyl sites for hydroxylation is 1. The molecule has 2 aromatic rings. The van der Waals surface area contributed by atoms with Gasteiger partial charge in [-0.3, -0.25) is 4.79 Å². The third kappa shape index (κ3) is 2.30. The van der Waals surface area contributed by atoms with Gasteiger partial charge in [0.05, 0.1) is 0 Å². The SMILES string of the molecule is Cc1ccc(N2CC(c3noc(C4CCC4)n3)CC2=O)cc1. The molecule has 1 saturated carbocycles. The molecule has 1 amide bonds. The molecule has 1 saturated heterocycles. The van der Waals surface area contributed by atoms with Gasteiger partial charge in [0.15, 0.2) is 5.82 Å². The zero-order chi connectivity index (χ0) is 15.1. The summed E-state index contributed by atoms with van der Waals surface area (Å²) in [6.45, 7) is 2.67. The number of anilines is 1. The highest BCUT2D eigenvalue weighted by molar-refractivity contribution is 5.96. The molecule has 0 radical (unpaired) electrons. The average Bonchev–Trinajstić information content (AvgIpc) is 3.05. The first-order valence-electron chi connectivity index (χ1n) is 7.91. The summed E-state index contributed by atoms with van der Waals surface area (Å²) in [6.07, 6.45) is 3.98. The molecule has 5 nitrogen and oxygen atoms in total. The Morgan fingerprint density at radius 2 is 1.95 bits per heavy atom. The summed E-state index contributed by atoms with van der Waals surface area (Å²) < 4.78 is 5.38. The van der Waals surface area contributed by atoms with E-state index in [2.05, 4.69) is 10.1 Å². The van der Waals surface area contributed by atoms with Gasteiger partial charge in [0.2, 0.25) is 11.8 Å². The summed E-state index contributed by atoms with van der Waals surface area (Å²) >= 11 is 0. The van der Waals surface area contributed by atoms with Crippen molar-refractivity contribution < 1.29 is 9.32 Å². The van der Waals surface area contributed by atoms with Gasteiger partial charge < -0.3 is 9.42 Å². The number of benzene rings is 1. The quantitative estimate of drug-likeness (QED) is 0.873. The molecule has 22 heavy (non-hydrogen) atoms. The van der Waals surface area contributed by atoms with Gasteiger partial charge in [-0.25, -0.2) is 0 Å². The number of rotatable bonds is 3. The molecule has 5 heteroatoms. The molecule has 2 fully saturated rings. The van der Waals surface area contributed by atoms with E-state index in [4.69, 9.17) is 4.52 Å². The van der Waals surface area contributed by atoms with Crippen LogP contribution in [0.15, 0.2) is 28.8 Å². The third-order valence-corrected chi connectivity index (χ3v) is 4.75. The maximum Gasteiger partial charge on any atom is 0.229 e. The largest absolute Gasteiger partial charge is 0.339 e. The Morgan fingerprint density at radius 3 is 2.64 bits per heavy atom. The van der Waals surface area contributed by atoms with Gasteiger partial charge >= 0.3 is 0 Å². The van der Waals surface area contributed by atoms with Crippen molar-refractivity contribution in [2.24, 2.45) is 0 Å².